The second kappa shape index (κ2) is 10.4. The average Bonchev–Trinajstić information content (AvgIpc) is 3.30. The van der Waals surface area contributed by atoms with Gasteiger partial charge in [0.25, 0.3) is 5.91 Å². The summed E-state index contributed by atoms with van der Waals surface area (Å²) in [5.41, 5.74) is 10.3. The fourth-order valence-corrected chi connectivity index (χ4v) is 5.13. The van der Waals surface area contributed by atoms with Crippen LogP contribution in [-0.2, 0) is 6.42 Å². The van der Waals surface area contributed by atoms with E-state index in [0.717, 1.165) is 53.8 Å². The molecular formula is C28H32N6O2. The van der Waals surface area contributed by atoms with Crippen molar-refractivity contribution in [2.45, 2.75) is 57.8 Å². The SMILES string of the molecule is CCCc1ccnc(NC(=O)c2ccc(-c3nc(C4CCCCC4)n4ccnc(N)c34)cc2OC)c1. The van der Waals surface area contributed by atoms with Crippen LogP contribution in [0.4, 0.5) is 11.6 Å². The van der Waals surface area contributed by atoms with E-state index < -0.39 is 0 Å². The van der Waals surface area contributed by atoms with Crippen molar-refractivity contribution in [2.24, 2.45) is 0 Å². The molecule has 3 N–H and O–H groups in total. The largest absolute Gasteiger partial charge is 0.496 e. The lowest BCUT2D eigenvalue weighted by Gasteiger charge is -2.20. The van der Waals surface area contributed by atoms with Crippen molar-refractivity contribution in [1.82, 2.24) is 19.4 Å². The van der Waals surface area contributed by atoms with Gasteiger partial charge in [-0.2, -0.15) is 0 Å². The van der Waals surface area contributed by atoms with E-state index in [1.54, 1.807) is 25.6 Å². The number of benzene rings is 1. The molecule has 0 bridgehead atoms. The fraction of sp³-hybridized carbons (Fsp3) is 0.357. The number of amides is 1. The van der Waals surface area contributed by atoms with Crippen molar-refractivity contribution < 1.29 is 9.53 Å². The normalized spacial score (nSPS) is 14.2. The van der Waals surface area contributed by atoms with Crippen LogP contribution < -0.4 is 15.8 Å². The number of carbonyl (C=O) groups is 1. The number of nitrogen functional groups attached to an aromatic ring is 1. The first-order chi connectivity index (χ1) is 17.6. The molecule has 3 heterocycles. The third kappa shape index (κ3) is 4.63. The Morgan fingerprint density at radius 3 is 2.75 bits per heavy atom. The van der Waals surface area contributed by atoms with Crippen molar-refractivity contribution in [3.05, 3.63) is 65.9 Å². The number of nitrogens with one attached hydrogen (secondary N) is 1. The molecule has 1 saturated carbocycles. The third-order valence-electron chi connectivity index (χ3n) is 6.90. The fourth-order valence-electron chi connectivity index (χ4n) is 5.13. The van der Waals surface area contributed by atoms with Crippen LogP contribution >= 0.6 is 0 Å². The summed E-state index contributed by atoms with van der Waals surface area (Å²) in [6.07, 6.45) is 13.3. The van der Waals surface area contributed by atoms with E-state index in [9.17, 15) is 4.79 Å². The van der Waals surface area contributed by atoms with Crippen LogP contribution in [0.25, 0.3) is 16.8 Å². The number of hydrogen-bond donors (Lipinski definition) is 2. The Hall–Kier alpha value is -3.94. The van der Waals surface area contributed by atoms with Gasteiger partial charge in [-0.05, 0) is 49.1 Å². The molecule has 0 radical (unpaired) electrons. The molecule has 1 amide bonds. The predicted octanol–water partition coefficient (Wildman–Crippen LogP) is 5.63. The summed E-state index contributed by atoms with van der Waals surface area (Å²) >= 11 is 0. The van der Waals surface area contributed by atoms with Gasteiger partial charge in [-0.1, -0.05) is 38.7 Å². The Balaban J connectivity index is 1.50. The van der Waals surface area contributed by atoms with Gasteiger partial charge in [0, 0.05) is 30.1 Å². The minimum atomic E-state index is -0.279. The second-order valence-corrected chi connectivity index (χ2v) is 9.35. The van der Waals surface area contributed by atoms with Crippen molar-refractivity contribution in [3.8, 4) is 17.0 Å². The van der Waals surface area contributed by atoms with E-state index in [1.807, 2.05) is 30.5 Å². The molecule has 1 aliphatic rings. The van der Waals surface area contributed by atoms with Gasteiger partial charge in [-0.3, -0.25) is 9.20 Å². The van der Waals surface area contributed by atoms with Gasteiger partial charge < -0.3 is 15.8 Å². The first-order valence-electron chi connectivity index (χ1n) is 12.7. The summed E-state index contributed by atoms with van der Waals surface area (Å²) in [7, 11) is 1.56. The number of rotatable bonds is 7. The van der Waals surface area contributed by atoms with E-state index in [-0.39, 0.29) is 5.91 Å². The van der Waals surface area contributed by atoms with Crippen LogP contribution in [0.3, 0.4) is 0 Å². The molecule has 8 heteroatoms. The van der Waals surface area contributed by atoms with Crippen molar-refractivity contribution in [2.75, 3.05) is 18.2 Å². The number of pyridine rings is 1. The maximum Gasteiger partial charge on any atom is 0.260 e. The van der Waals surface area contributed by atoms with Gasteiger partial charge in [0.05, 0.1) is 12.7 Å². The number of nitrogens with two attached hydrogens (primary N) is 1. The smallest absolute Gasteiger partial charge is 0.260 e. The third-order valence-corrected chi connectivity index (χ3v) is 6.90. The zero-order valence-electron chi connectivity index (χ0n) is 20.8. The molecular weight excluding hydrogens is 452 g/mol. The van der Waals surface area contributed by atoms with Crippen molar-refractivity contribution in [1.29, 1.82) is 0 Å². The number of fused-ring (bicyclic) bond motifs is 1. The molecule has 8 nitrogen and oxygen atoms in total. The van der Waals surface area contributed by atoms with Crippen LogP contribution in [0.2, 0.25) is 0 Å². The molecule has 5 rings (SSSR count). The number of imidazole rings is 1. The highest BCUT2D eigenvalue weighted by Gasteiger charge is 2.25. The first kappa shape index (κ1) is 23.8. The first-order valence-corrected chi connectivity index (χ1v) is 12.7. The Morgan fingerprint density at radius 1 is 1.14 bits per heavy atom. The Kier molecular flexibility index (Phi) is 6.84. The van der Waals surface area contributed by atoms with Gasteiger partial charge in [-0.25, -0.2) is 15.0 Å². The summed E-state index contributed by atoms with van der Waals surface area (Å²) in [5.74, 6) is 2.54. The van der Waals surface area contributed by atoms with E-state index in [0.29, 0.717) is 28.9 Å². The number of aromatic nitrogens is 4. The molecule has 1 fully saturated rings. The van der Waals surface area contributed by atoms with Crippen LogP contribution in [0.1, 0.15) is 73.1 Å². The lowest BCUT2D eigenvalue weighted by Crippen LogP contribution is -2.14. The topological polar surface area (TPSA) is 107 Å². The molecule has 36 heavy (non-hydrogen) atoms. The summed E-state index contributed by atoms with van der Waals surface area (Å²) in [5, 5.41) is 2.90. The molecule has 4 aromatic rings. The number of ether oxygens (including phenoxy) is 1. The standard InChI is InChI=1S/C28H32N6O2/c1-3-7-18-12-13-30-23(16-18)32-28(35)21-11-10-20(17-22(21)36-2)24-25-26(29)31-14-15-34(25)27(33-24)19-8-5-4-6-9-19/h10-17,19H,3-9H2,1-2H3,(H2,29,31)(H,30,32,35). The van der Waals surface area contributed by atoms with Crippen LogP contribution in [0.5, 0.6) is 5.75 Å². The molecule has 0 aliphatic heterocycles. The highest BCUT2D eigenvalue weighted by atomic mass is 16.5. The number of aryl methyl sites for hydroxylation is 1. The van der Waals surface area contributed by atoms with E-state index in [1.165, 1.54) is 19.3 Å². The lowest BCUT2D eigenvalue weighted by atomic mass is 9.89. The van der Waals surface area contributed by atoms with Gasteiger partial charge in [0.2, 0.25) is 0 Å². The minimum Gasteiger partial charge on any atom is -0.496 e. The quantitative estimate of drug-likeness (QED) is 0.352. The summed E-state index contributed by atoms with van der Waals surface area (Å²) in [6.45, 7) is 2.12. The van der Waals surface area contributed by atoms with E-state index in [4.69, 9.17) is 15.5 Å². The highest BCUT2D eigenvalue weighted by molar-refractivity contribution is 6.06. The lowest BCUT2D eigenvalue weighted by molar-refractivity contribution is 0.102. The second-order valence-electron chi connectivity index (χ2n) is 9.35. The van der Waals surface area contributed by atoms with Gasteiger partial charge in [0.1, 0.15) is 34.4 Å². The van der Waals surface area contributed by atoms with E-state index >= 15 is 0 Å². The van der Waals surface area contributed by atoms with Gasteiger partial charge in [-0.15, -0.1) is 0 Å². The minimum absolute atomic E-state index is 0.279. The predicted molar refractivity (Wildman–Crippen MR) is 141 cm³/mol. The summed E-state index contributed by atoms with van der Waals surface area (Å²) in [6, 6.07) is 9.36. The Bertz CT molecular complexity index is 1390. The van der Waals surface area contributed by atoms with Gasteiger partial charge >= 0.3 is 0 Å². The maximum absolute atomic E-state index is 13.1. The molecule has 0 unspecified atom stereocenters. The Morgan fingerprint density at radius 2 is 1.97 bits per heavy atom. The van der Waals surface area contributed by atoms with Crippen LogP contribution in [-0.4, -0.2) is 32.4 Å². The number of methoxy groups -OCH3 is 1. The zero-order valence-corrected chi connectivity index (χ0v) is 20.8. The number of nitrogens with zero attached hydrogens (tertiary/aromatic N) is 4. The van der Waals surface area contributed by atoms with E-state index in [2.05, 4.69) is 26.6 Å². The van der Waals surface area contributed by atoms with Gasteiger partial charge in [0.15, 0.2) is 0 Å². The number of carbonyl (C=O) groups excluding carboxylic acids is 1. The van der Waals surface area contributed by atoms with Crippen molar-refractivity contribution >= 4 is 23.1 Å². The summed E-state index contributed by atoms with van der Waals surface area (Å²) in [4.78, 5) is 26.8. The number of hydrogen-bond acceptors (Lipinski definition) is 6. The molecule has 186 valence electrons. The highest BCUT2D eigenvalue weighted by Crippen LogP contribution is 2.37. The molecule has 3 aromatic heterocycles. The summed E-state index contributed by atoms with van der Waals surface area (Å²) < 4.78 is 7.71. The average molecular weight is 485 g/mol. The monoisotopic (exact) mass is 484 g/mol. The Labute approximate surface area is 210 Å². The van der Waals surface area contributed by atoms with Crippen LogP contribution in [0.15, 0.2) is 48.9 Å². The zero-order chi connectivity index (χ0) is 25.1. The molecule has 1 aromatic carbocycles. The van der Waals surface area contributed by atoms with Crippen LogP contribution in [0, 0.1) is 0 Å². The maximum atomic E-state index is 13.1. The number of anilines is 2. The van der Waals surface area contributed by atoms with Crippen molar-refractivity contribution in [3.63, 3.8) is 0 Å². The molecule has 1 aliphatic carbocycles. The molecule has 0 saturated heterocycles. The molecule has 0 spiro atoms. The molecule has 0 atom stereocenters.